The summed E-state index contributed by atoms with van der Waals surface area (Å²) < 4.78 is 5.33. The number of anilines is 1. The minimum atomic E-state index is -0.828. The van der Waals surface area contributed by atoms with Gasteiger partial charge < -0.3 is 20.3 Å². The molecule has 2 aromatic carbocycles. The summed E-state index contributed by atoms with van der Waals surface area (Å²) in [6.07, 6.45) is 1.45. The van der Waals surface area contributed by atoms with E-state index in [2.05, 4.69) is 10.6 Å². The highest BCUT2D eigenvalue weighted by Crippen LogP contribution is 2.36. The molecule has 2 aliphatic rings. The highest BCUT2D eigenvalue weighted by molar-refractivity contribution is 8.01. The van der Waals surface area contributed by atoms with Gasteiger partial charge in [-0.2, -0.15) is 0 Å². The molecule has 2 N–H and O–H groups in total. The van der Waals surface area contributed by atoms with Crippen molar-refractivity contribution in [3.63, 3.8) is 0 Å². The van der Waals surface area contributed by atoms with E-state index in [1.54, 1.807) is 12.0 Å². The Morgan fingerprint density at radius 2 is 1.97 bits per heavy atom. The molecule has 4 rings (SSSR count). The minimum absolute atomic E-state index is 0.0884. The standard InChI is InChI=1S/C23H25N3O4S/c1-30-18-10-4-2-7-15(18)13-24-21(27)16-8-6-12-26(14-16)23(29)20-22(28)25-17-9-3-5-11-19(17)31-20/h2-5,7,9-11,16,20H,6,8,12-14H2,1H3,(H,24,27)(H,25,28)/t16-,20-/m0/s1. The number of rotatable bonds is 5. The van der Waals surface area contributed by atoms with Crippen LogP contribution in [0, 0.1) is 5.92 Å². The summed E-state index contributed by atoms with van der Waals surface area (Å²) in [7, 11) is 1.60. The minimum Gasteiger partial charge on any atom is -0.496 e. The number of hydrogen-bond donors (Lipinski definition) is 2. The van der Waals surface area contributed by atoms with E-state index in [1.807, 2.05) is 48.5 Å². The molecule has 162 valence electrons. The van der Waals surface area contributed by atoms with Gasteiger partial charge in [-0.05, 0) is 31.0 Å². The SMILES string of the molecule is COc1ccccc1CNC(=O)[C@H]1CCCN(C(=O)[C@H]2Sc3ccccc3NC2=O)C1. The molecule has 2 atom stereocenters. The summed E-state index contributed by atoms with van der Waals surface area (Å²) in [5, 5.41) is 4.95. The lowest BCUT2D eigenvalue weighted by Gasteiger charge is -2.35. The number of nitrogens with one attached hydrogen (secondary N) is 2. The van der Waals surface area contributed by atoms with Crippen LogP contribution in [0.3, 0.4) is 0 Å². The van der Waals surface area contributed by atoms with Crippen LogP contribution in [-0.2, 0) is 20.9 Å². The van der Waals surface area contributed by atoms with Crippen molar-refractivity contribution < 1.29 is 19.1 Å². The highest BCUT2D eigenvalue weighted by atomic mass is 32.2. The molecule has 0 aliphatic carbocycles. The molecule has 1 saturated heterocycles. The first-order chi connectivity index (χ1) is 15.1. The zero-order chi connectivity index (χ0) is 21.8. The number of carbonyl (C=O) groups is 3. The number of piperidine rings is 1. The molecule has 0 aromatic heterocycles. The van der Waals surface area contributed by atoms with Gasteiger partial charge in [0.05, 0.1) is 18.7 Å². The molecule has 8 heteroatoms. The Kier molecular flexibility index (Phi) is 6.46. The van der Waals surface area contributed by atoms with Gasteiger partial charge in [-0.25, -0.2) is 0 Å². The molecule has 0 bridgehead atoms. The van der Waals surface area contributed by atoms with Crippen molar-refractivity contribution in [2.75, 3.05) is 25.5 Å². The predicted molar refractivity (Wildman–Crippen MR) is 119 cm³/mol. The molecular weight excluding hydrogens is 414 g/mol. The quantitative estimate of drug-likeness (QED) is 0.700. The number of benzene rings is 2. The van der Waals surface area contributed by atoms with Crippen LogP contribution < -0.4 is 15.4 Å². The molecule has 0 saturated carbocycles. The van der Waals surface area contributed by atoms with E-state index in [0.717, 1.165) is 28.3 Å². The van der Waals surface area contributed by atoms with Crippen molar-refractivity contribution in [2.45, 2.75) is 29.5 Å². The normalized spacial score (nSPS) is 20.4. The second-order valence-corrected chi connectivity index (χ2v) is 8.78. The summed E-state index contributed by atoms with van der Waals surface area (Å²) in [4.78, 5) is 40.9. The number of thioether (sulfide) groups is 1. The molecule has 31 heavy (non-hydrogen) atoms. The Morgan fingerprint density at radius 3 is 2.81 bits per heavy atom. The Hall–Kier alpha value is -3.00. The highest BCUT2D eigenvalue weighted by Gasteiger charge is 2.38. The van der Waals surface area contributed by atoms with Gasteiger partial charge >= 0.3 is 0 Å². The summed E-state index contributed by atoms with van der Waals surface area (Å²) in [6.45, 7) is 1.24. The third-order valence-electron chi connectivity index (χ3n) is 5.60. The first kappa shape index (κ1) is 21.2. The van der Waals surface area contributed by atoms with Crippen molar-refractivity contribution in [1.29, 1.82) is 0 Å². The Balaban J connectivity index is 1.37. The summed E-state index contributed by atoms with van der Waals surface area (Å²) in [5.74, 6) is -0.203. The summed E-state index contributed by atoms with van der Waals surface area (Å²) in [5.41, 5.74) is 1.63. The number of nitrogens with zero attached hydrogens (tertiary/aromatic N) is 1. The summed E-state index contributed by atoms with van der Waals surface area (Å²) >= 11 is 1.27. The van der Waals surface area contributed by atoms with Crippen LogP contribution in [0.4, 0.5) is 5.69 Å². The lowest BCUT2D eigenvalue weighted by Crippen LogP contribution is -2.50. The van der Waals surface area contributed by atoms with E-state index in [0.29, 0.717) is 26.1 Å². The predicted octanol–water partition coefficient (Wildman–Crippen LogP) is 2.66. The first-order valence-electron chi connectivity index (χ1n) is 10.3. The van der Waals surface area contributed by atoms with Crippen LogP contribution in [0.2, 0.25) is 0 Å². The monoisotopic (exact) mass is 439 g/mol. The zero-order valence-electron chi connectivity index (χ0n) is 17.3. The zero-order valence-corrected chi connectivity index (χ0v) is 18.1. The fourth-order valence-electron chi connectivity index (χ4n) is 3.95. The maximum absolute atomic E-state index is 13.1. The van der Waals surface area contributed by atoms with Crippen LogP contribution >= 0.6 is 11.8 Å². The van der Waals surface area contributed by atoms with Crippen molar-refractivity contribution in [3.05, 3.63) is 54.1 Å². The number of ether oxygens (including phenoxy) is 1. The van der Waals surface area contributed by atoms with Gasteiger partial charge in [0.25, 0.3) is 0 Å². The van der Waals surface area contributed by atoms with Gasteiger partial charge in [0.2, 0.25) is 17.7 Å². The number of hydrogen-bond acceptors (Lipinski definition) is 5. The van der Waals surface area contributed by atoms with E-state index >= 15 is 0 Å². The molecule has 2 aliphatic heterocycles. The molecule has 0 radical (unpaired) electrons. The second-order valence-electron chi connectivity index (χ2n) is 7.64. The van der Waals surface area contributed by atoms with Gasteiger partial charge in [-0.15, -0.1) is 11.8 Å². The molecular formula is C23H25N3O4S. The molecule has 0 spiro atoms. The average molecular weight is 440 g/mol. The van der Waals surface area contributed by atoms with E-state index in [-0.39, 0.29) is 23.6 Å². The largest absolute Gasteiger partial charge is 0.496 e. The molecule has 1 fully saturated rings. The lowest BCUT2D eigenvalue weighted by molar-refractivity contribution is -0.137. The number of para-hydroxylation sites is 2. The summed E-state index contributed by atoms with van der Waals surface area (Å²) in [6, 6.07) is 15.0. The Bertz CT molecular complexity index is 996. The number of carbonyl (C=O) groups excluding carboxylic acids is 3. The first-order valence-corrected chi connectivity index (χ1v) is 11.2. The fraction of sp³-hybridized carbons (Fsp3) is 0.348. The van der Waals surface area contributed by atoms with Crippen LogP contribution in [-0.4, -0.2) is 48.1 Å². The van der Waals surface area contributed by atoms with Crippen LogP contribution in [0.25, 0.3) is 0 Å². The molecule has 2 aromatic rings. The second kappa shape index (κ2) is 9.43. The van der Waals surface area contributed by atoms with Crippen molar-refractivity contribution in [2.24, 2.45) is 5.92 Å². The van der Waals surface area contributed by atoms with Crippen molar-refractivity contribution >= 4 is 35.2 Å². The van der Waals surface area contributed by atoms with Crippen LogP contribution in [0.1, 0.15) is 18.4 Å². The van der Waals surface area contributed by atoms with Gasteiger partial charge in [0, 0.05) is 30.1 Å². The number of amides is 3. The van der Waals surface area contributed by atoms with Gasteiger partial charge in [0.1, 0.15) is 5.75 Å². The number of fused-ring (bicyclic) bond motifs is 1. The van der Waals surface area contributed by atoms with E-state index in [9.17, 15) is 14.4 Å². The van der Waals surface area contributed by atoms with E-state index < -0.39 is 5.25 Å². The van der Waals surface area contributed by atoms with Crippen LogP contribution in [0.15, 0.2) is 53.4 Å². The van der Waals surface area contributed by atoms with Gasteiger partial charge in [-0.3, -0.25) is 14.4 Å². The van der Waals surface area contributed by atoms with E-state index in [1.165, 1.54) is 11.8 Å². The van der Waals surface area contributed by atoms with Gasteiger partial charge in [-0.1, -0.05) is 30.3 Å². The lowest BCUT2D eigenvalue weighted by atomic mass is 9.96. The Labute approximate surface area is 185 Å². The van der Waals surface area contributed by atoms with Crippen LogP contribution in [0.5, 0.6) is 5.75 Å². The number of likely N-dealkylation sites (tertiary alicyclic amines) is 1. The van der Waals surface area contributed by atoms with Crippen molar-refractivity contribution in [3.8, 4) is 5.75 Å². The third-order valence-corrected chi connectivity index (χ3v) is 6.86. The third kappa shape index (κ3) is 4.69. The molecule has 7 nitrogen and oxygen atoms in total. The number of methoxy groups -OCH3 is 1. The smallest absolute Gasteiger partial charge is 0.247 e. The topological polar surface area (TPSA) is 87.7 Å². The van der Waals surface area contributed by atoms with Crippen molar-refractivity contribution in [1.82, 2.24) is 10.2 Å². The maximum Gasteiger partial charge on any atom is 0.247 e. The Morgan fingerprint density at radius 1 is 1.19 bits per heavy atom. The fourth-order valence-corrected chi connectivity index (χ4v) is 5.02. The average Bonchev–Trinajstić information content (AvgIpc) is 2.81. The van der Waals surface area contributed by atoms with E-state index in [4.69, 9.17) is 4.74 Å². The van der Waals surface area contributed by atoms with Gasteiger partial charge in [0.15, 0.2) is 5.25 Å². The molecule has 3 amide bonds. The molecule has 0 unspecified atom stereocenters. The molecule has 2 heterocycles. The maximum atomic E-state index is 13.1.